The van der Waals surface area contributed by atoms with Crippen LogP contribution in [0.2, 0.25) is 0 Å². The highest BCUT2D eigenvalue weighted by Crippen LogP contribution is 2.14. The second-order valence-corrected chi connectivity index (χ2v) is 3.83. The normalized spacial score (nSPS) is 14.8. The number of nitrogens with one attached hydrogen (secondary N) is 1. The van der Waals surface area contributed by atoms with Crippen LogP contribution in [0.4, 0.5) is 0 Å². The van der Waals surface area contributed by atoms with Crippen molar-refractivity contribution in [1.29, 1.82) is 0 Å². The summed E-state index contributed by atoms with van der Waals surface area (Å²) in [7, 11) is 0. The monoisotopic (exact) mass is 189 g/mol. The van der Waals surface area contributed by atoms with Crippen LogP contribution in [0.1, 0.15) is 31.0 Å². The maximum Gasteiger partial charge on any atom is 0.0297 e. The second-order valence-electron chi connectivity index (χ2n) is 3.83. The molecule has 0 fully saturated rings. The summed E-state index contributed by atoms with van der Waals surface area (Å²) >= 11 is 0. The maximum absolute atomic E-state index is 3.76. The topological polar surface area (TPSA) is 12.0 Å². The molecule has 1 rings (SSSR count). The van der Waals surface area contributed by atoms with Gasteiger partial charge in [0.15, 0.2) is 0 Å². The van der Waals surface area contributed by atoms with Crippen molar-refractivity contribution < 1.29 is 0 Å². The van der Waals surface area contributed by atoms with Crippen LogP contribution in [-0.4, -0.2) is 6.04 Å². The lowest BCUT2D eigenvalue weighted by molar-refractivity contribution is 0.537. The summed E-state index contributed by atoms with van der Waals surface area (Å²) in [5.41, 5.74) is 2.64. The first-order valence-corrected chi connectivity index (χ1v) is 5.08. The fourth-order valence-electron chi connectivity index (χ4n) is 1.50. The molecular formula is C13H19N. The standard InChI is InChI=1S/C13H19N/c1-5-11(3)14-12(4)13-8-6-7-10(2)9-13/h5-9,11-12,14H,1H2,2-4H3/t11?,12-/m1/s1. The van der Waals surface area contributed by atoms with Gasteiger partial charge >= 0.3 is 0 Å². The Morgan fingerprint density at radius 1 is 1.36 bits per heavy atom. The molecule has 0 aromatic heterocycles. The third-order valence-corrected chi connectivity index (χ3v) is 2.41. The molecule has 0 aliphatic carbocycles. The zero-order chi connectivity index (χ0) is 10.6. The van der Waals surface area contributed by atoms with Crippen molar-refractivity contribution >= 4 is 0 Å². The maximum atomic E-state index is 3.76. The van der Waals surface area contributed by atoms with Crippen LogP contribution in [0.5, 0.6) is 0 Å². The largest absolute Gasteiger partial charge is 0.304 e. The third-order valence-electron chi connectivity index (χ3n) is 2.41. The average molecular weight is 189 g/mol. The van der Waals surface area contributed by atoms with Crippen LogP contribution in [-0.2, 0) is 0 Å². The predicted octanol–water partition coefficient (Wildman–Crippen LogP) is 3.22. The Morgan fingerprint density at radius 3 is 2.64 bits per heavy atom. The molecule has 0 bridgehead atoms. The molecule has 1 heteroatoms. The minimum atomic E-state index is 0.352. The molecule has 76 valence electrons. The molecule has 0 heterocycles. The van der Waals surface area contributed by atoms with Crippen molar-refractivity contribution in [1.82, 2.24) is 5.32 Å². The van der Waals surface area contributed by atoms with Crippen LogP contribution >= 0.6 is 0 Å². The number of rotatable bonds is 4. The van der Waals surface area contributed by atoms with Gasteiger partial charge in [0.25, 0.3) is 0 Å². The lowest BCUT2D eigenvalue weighted by Crippen LogP contribution is -2.26. The molecule has 0 saturated heterocycles. The van der Waals surface area contributed by atoms with Gasteiger partial charge in [-0.2, -0.15) is 0 Å². The molecule has 1 N–H and O–H groups in total. The molecule has 1 aromatic rings. The summed E-state index contributed by atoms with van der Waals surface area (Å²) in [5.74, 6) is 0. The Labute approximate surface area is 86.8 Å². The van der Waals surface area contributed by atoms with E-state index in [9.17, 15) is 0 Å². The summed E-state index contributed by atoms with van der Waals surface area (Å²) in [6.07, 6.45) is 1.92. The highest BCUT2D eigenvalue weighted by atomic mass is 14.9. The van der Waals surface area contributed by atoms with E-state index in [1.165, 1.54) is 11.1 Å². The number of aryl methyl sites for hydroxylation is 1. The van der Waals surface area contributed by atoms with E-state index in [4.69, 9.17) is 0 Å². The van der Waals surface area contributed by atoms with E-state index in [1.54, 1.807) is 0 Å². The van der Waals surface area contributed by atoms with Gasteiger partial charge in [-0.25, -0.2) is 0 Å². The molecule has 14 heavy (non-hydrogen) atoms. The van der Waals surface area contributed by atoms with Gasteiger partial charge in [-0.15, -0.1) is 6.58 Å². The Morgan fingerprint density at radius 2 is 2.07 bits per heavy atom. The minimum absolute atomic E-state index is 0.352. The molecule has 2 atom stereocenters. The summed E-state index contributed by atoms with van der Waals surface area (Å²) in [6, 6.07) is 9.32. The third kappa shape index (κ3) is 3.00. The minimum Gasteiger partial charge on any atom is -0.304 e. The van der Waals surface area contributed by atoms with E-state index in [2.05, 4.69) is 56.9 Å². The molecule has 0 radical (unpaired) electrons. The van der Waals surface area contributed by atoms with E-state index in [-0.39, 0.29) is 0 Å². The summed E-state index contributed by atoms with van der Waals surface area (Å²) < 4.78 is 0. The summed E-state index contributed by atoms with van der Waals surface area (Å²) in [6.45, 7) is 10.2. The van der Waals surface area contributed by atoms with Crippen molar-refractivity contribution in [2.75, 3.05) is 0 Å². The van der Waals surface area contributed by atoms with E-state index < -0.39 is 0 Å². The van der Waals surface area contributed by atoms with Crippen molar-refractivity contribution in [2.45, 2.75) is 32.9 Å². The SMILES string of the molecule is C=CC(C)N[C@H](C)c1cccc(C)c1. The Kier molecular flexibility index (Phi) is 3.90. The smallest absolute Gasteiger partial charge is 0.0297 e. The Balaban J connectivity index is 2.69. The fourth-order valence-corrected chi connectivity index (χ4v) is 1.50. The molecular weight excluding hydrogens is 170 g/mol. The highest BCUT2D eigenvalue weighted by molar-refractivity contribution is 5.24. The fraction of sp³-hybridized carbons (Fsp3) is 0.385. The summed E-state index contributed by atoms with van der Waals surface area (Å²) in [5, 5.41) is 3.45. The zero-order valence-electron chi connectivity index (χ0n) is 9.25. The molecule has 0 aliphatic rings. The van der Waals surface area contributed by atoms with E-state index in [1.807, 2.05) is 6.08 Å². The van der Waals surface area contributed by atoms with Crippen molar-refractivity contribution in [3.63, 3.8) is 0 Å². The first-order chi connectivity index (χ1) is 6.63. The number of hydrogen-bond donors (Lipinski definition) is 1. The lowest BCUT2D eigenvalue weighted by atomic mass is 10.1. The summed E-state index contributed by atoms with van der Waals surface area (Å²) in [4.78, 5) is 0. The highest BCUT2D eigenvalue weighted by Gasteiger charge is 2.06. The number of hydrogen-bond acceptors (Lipinski definition) is 1. The first-order valence-electron chi connectivity index (χ1n) is 5.08. The van der Waals surface area contributed by atoms with Gasteiger partial charge in [0, 0.05) is 12.1 Å². The van der Waals surface area contributed by atoms with Crippen molar-refractivity contribution in [3.8, 4) is 0 Å². The van der Waals surface area contributed by atoms with Crippen molar-refractivity contribution in [2.24, 2.45) is 0 Å². The van der Waals surface area contributed by atoms with Gasteiger partial charge in [-0.05, 0) is 26.3 Å². The van der Waals surface area contributed by atoms with Gasteiger partial charge in [-0.3, -0.25) is 0 Å². The number of benzene rings is 1. The second kappa shape index (κ2) is 4.97. The average Bonchev–Trinajstić information content (AvgIpc) is 2.17. The molecule has 0 amide bonds. The molecule has 0 spiro atoms. The van der Waals surface area contributed by atoms with E-state index in [0.717, 1.165) is 0 Å². The zero-order valence-corrected chi connectivity index (χ0v) is 9.25. The quantitative estimate of drug-likeness (QED) is 0.717. The van der Waals surface area contributed by atoms with Gasteiger partial charge in [-0.1, -0.05) is 35.9 Å². The van der Waals surface area contributed by atoms with Crippen LogP contribution in [0, 0.1) is 6.92 Å². The first kappa shape index (κ1) is 11.0. The van der Waals surface area contributed by atoms with E-state index in [0.29, 0.717) is 12.1 Å². The van der Waals surface area contributed by atoms with Crippen LogP contribution in [0.15, 0.2) is 36.9 Å². The Hall–Kier alpha value is -1.08. The lowest BCUT2D eigenvalue weighted by Gasteiger charge is -2.18. The van der Waals surface area contributed by atoms with Gasteiger partial charge < -0.3 is 5.32 Å². The van der Waals surface area contributed by atoms with E-state index >= 15 is 0 Å². The molecule has 0 saturated carbocycles. The van der Waals surface area contributed by atoms with Gasteiger partial charge in [0.2, 0.25) is 0 Å². The van der Waals surface area contributed by atoms with Gasteiger partial charge in [0.05, 0.1) is 0 Å². The Bertz CT molecular complexity index is 304. The molecule has 1 aromatic carbocycles. The predicted molar refractivity (Wildman–Crippen MR) is 62.4 cm³/mol. The van der Waals surface area contributed by atoms with Crippen molar-refractivity contribution in [3.05, 3.63) is 48.0 Å². The van der Waals surface area contributed by atoms with Gasteiger partial charge in [0.1, 0.15) is 0 Å². The van der Waals surface area contributed by atoms with Crippen LogP contribution < -0.4 is 5.32 Å². The molecule has 1 unspecified atom stereocenters. The van der Waals surface area contributed by atoms with Crippen LogP contribution in [0.25, 0.3) is 0 Å². The molecule has 0 aliphatic heterocycles. The molecule has 1 nitrogen and oxygen atoms in total. The van der Waals surface area contributed by atoms with Crippen LogP contribution in [0.3, 0.4) is 0 Å².